The topological polar surface area (TPSA) is 29.5 Å². The zero-order valence-corrected chi connectivity index (χ0v) is 34.7. The zero-order valence-electron chi connectivity index (χ0n) is 34.7. The molecular formula is C60H41NO2. The van der Waals surface area contributed by atoms with Crippen LogP contribution in [-0.4, -0.2) is 0 Å². The van der Waals surface area contributed by atoms with Crippen molar-refractivity contribution in [1.82, 2.24) is 0 Å². The number of benzene rings is 9. The lowest BCUT2D eigenvalue weighted by atomic mass is 9.72. The predicted octanol–water partition coefficient (Wildman–Crippen LogP) is 16.7. The van der Waals surface area contributed by atoms with Gasteiger partial charge in [0.05, 0.1) is 11.4 Å². The molecular weight excluding hydrogens is 767 g/mol. The zero-order chi connectivity index (χ0) is 41.9. The van der Waals surface area contributed by atoms with E-state index >= 15 is 0 Å². The number of nitrogens with zero attached hydrogens (tertiary/aromatic N) is 1. The van der Waals surface area contributed by atoms with Crippen molar-refractivity contribution in [3.8, 4) is 56.0 Å². The summed E-state index contributed by atoms with van der Waals surface area (Å²) in [4.78, 5) is 2.43. The van der Waals surface area contributed by atoms with Crippen LogP contribution in [-0.2, 0) is 5.41 Å². The first-order chi connectivity index (χ1) is 31.2. The molecule has 1 aliphatic carbocycles. The summed E-state index contributed by atoms with van der Waals surface area (Å²) in [5.41, 5.74) is 16.7. The Kier molecular flexibility index (Phi) is 8.62. The van der Waals surface area contributed by atoms with E-state index in [2.05, 4.69) is 230 Å². The molecule has 0 amide bonds. The number of hydrogen-bond acceptors (Lipinski definition) is 3. The van der Waals surface area contributed by atoms with Crippen LogP contribution >= 0.6 is 0 Å². The largest absolute Gasteiger partial charge is 0.455 e. The molecule has 1 atom stereocenters. The Morgan fingerprint density at radius 2 is 0.937 bits per heavy atom. The van der Waals surface area contributed by atoms with Crippen molar-refractivity contribution in [1.29, 1.82) is 0 Å². The summed E-state index contributed by atoms with van der Waals surface area (Å²) in [5, 5.41) is 2.24. The van der Waals surface area contributed by atoms with Crippen LogP contribution in [0.4, 0.5) is 17.1 Å². The first-order valence-electron chi connectivity index (χ1n) is 21.6. The highest BCUT2D eigenvalue weighted by Gasteiger charge is 2.48. The van der Waals surface area contributed by atoms with E-state index in [-0.39, 0.29) is 0 Å². The highest BCUT2D eigenvalue weighted by molar-refractivity contribution is 6.10. The van der Waals surface area contributed by atoms with Gasteiger partial charge in [-0.05, 0) is 65.1 Å². The quantitative estimate of drug-likeness (QED) is 0.153. The van der Waals surface area contributed by atoms with E-state index in [9.17, 15) is 0 Å². The van der Waals surface area contributed by atoms with Gasteiger partial charge >= 0.3 is 0 Å². The first kappa shape index (κ1) is 36.7. The predicted molar refractivity (Wildman–Crippen MR) is 260 cm³/mol. The Morgan fingerprint density at radius 1 is 0.381 bits per heavy atom. The number of rotatable bonds is 8. The van der Waals surface area contributed by atoms with Crippen LogP contribution in [0.2, 0.25) is 0 Å². The maximum atomic E-state index is 7.42. The minimum Gasteiger partial charge on any atom is -0.455 e. The Hall–Kier alpha value is -8.14. The van der Waals surface area contributed by atoms with E-state index in [0.717, 1.165) is 95.0 Å². The van der Waals surface area contributed by atoms with Gasteiger partial charge in [0.25, 0.3) is 0 Å². The normalized spacial score (nSPS) is 14.2. The number of fused-ring (bicyclic) bond motifs is 6. The molecule has 0 spiro atoms. The second kappa shape index (κ2) is 14.8. The highest BCUT2D eigenvalue weighted by Crippen LogP contribution is 2.62. The lowest BCUT2D eigenvalue weighted by Gasteiger charge is -2.32. The first-order valence-corrected chi connectivity index (χ1v) is 21.6. The number of furan rings is 2. The standard InChI is InChI=1S/C60H41NO2/c1-60(44-26-12-5-13-27-44)50-32-19-34-52(55(50)59-56(60)54(42-22-8-3-9-23-42)57(63-59)43-24-10-4-11-25-43)61(51-33-16-14-28-46(51)40-20-6-2-7-21-40)45-38-36-41(37-39-45)47-30-18-31-49-48-29-15-17-35-53(48)62-58(47)49/h2-39H,1H3. The monoisotopic (exact) mass is 807 g/mol. The van der Waals surface area contributed by atoms with Gasteiger partial charge in [-0.3, -0.25) is 0 Å². The minimum atomic E-state index is -0.552. The van der Waals surface area contributed by atoms with Crippen molar-refractivity contribution >= 4 is 39.0 Å². The van der Waals surface area contributed by atoms with Crippen LogP contribution in [0.5, 0.6) is 0 Å². The summed E-state index contributed by atoms with van der Waals surface area (Å²) in [5.74, 6) is 1.76. The Bertz CT molecular complexity index is 3440. The van der Waals surface area contributed by atoms with Gasteiger partial charge in [-0.15, -0.1) is 0 Å². The Balaban J connectivity index is 1.13. The third-order valence-electron chi connectivity index (χ3n) is 13.0. The van der Waals surface area contributed by atoms with Crippen molar-refractivity contribution in [2.75, 3.05) is 4.90 Å². The second-order valence-corrected chi connectivity index (χ2v) is 16.5. The Morgan fingerprint density at radius 3 is 1.68 bits per heavy atom. The second-order valence-electron chi connectivity index (χ2n) is 16.5. The number of anilines is 3. The average Bonchev–Trinajstić information content (AvgIpc) is 4.02. The van der Waals surface area contributed by atoms with Gasteiger partial charge in [-0.25, -0.2) is 0 Å². The van der Waals surface area contributed by atoms with E-state index in [4.69, 9.17) is 8.83 Å². The fourth-order valence-electron chi connectivity index (χ4n) is 10.0. The summed E-state index contributed by atoms with van der Waals surface area (Å²) >= 11 is 0. The maximum absolute atomic E-state index is 7.42. The summed E-state index contributed by atoms with van der Waals surface area (Å²) in [6, 6.07) is 82.1. The molecule has 9 aromatic carbocycles. The van der Waals surface area contributed by atoms with Gasteiger partial charge in [0, 0.05) is 55.3 Å². The third-order valence-corrected chi connectivity index (χ3v) is 13.0. The van der Waals surface area contributed by atoms with E-state index in [0.29, 0.717) is 0 Å². The highest BCUT2D eigenvalue weighted by atomic mass is 16.3. The molecule has 0 fully saturated rings. The summed E-state index contributed by atoms with van der Waals surface area (Å²) < 4.78 is 13.9. The molecule has 298 valence electrons. The molecule has 1 aliphatic rings. The number of hydrogen-bond donors (Lipinski definition) is 0. The maximum Gasteiger partial charge on any atom is 0.143 e. The lowest BCUT2D eigenvalue weighted by molar-refractivity contribution is 0.595. The summed E-state index contributed by atoms with van der Waals surface area (Å²) in [6.07, 6.45) is 0. The van der Waals surface area contributed by atoms with Crippen LogP contribution in [0.1, 0.15) is 23.6 Å². The summed E-state index contributed by atoms with van der Waals surface area (Å²) in [6.45, 7) is 2.38. The molecule has 2 aromatic heterocycles. The van der Waals surface area contributed by atoms with Gasteiger partial charge in [-0.1, -0.05) is 200 Å². The van der Waals surface area contributed by atoms with E-state index < -0.39 is 5.41 Å². The van der Waals surface area contributed by atoms with Crippen LogP contribution in [0.3, 0.4) is 0 Å². The van der Waals surface area contributed by atoms with Crippen LogP contribution in [0, 0.1) is 0 Å². The molecule has 0 bridgehead atoms. The van der Waals surface area contributed by atoms with Crippen molar-refractivity contribution in [2.45, 2.75) is 12.3 Å². The van der Waals surface area contributed by atoms with Gasteiger partial charge in [0.1, 0.15) is 22.7 Å². The molecule has 0 saturated carbocycles. The number of para-hydroxylation sites is 3. The molecule has 63 heavy (non-hydrogen) atoms. The SMILES string of the molecule is CC1(c2ccccc2)c2cccc(N(c3ccc(-c4cccc5c4oc4ccccc45)cc3)c3ccccc3-c3ccccc3)c2-c2oc(-c3ccccc3)c(-c3ccccc3)c21. The van der Waals surface area contributed by atoms with Crippen LogP contribution in [0.15, 0.2) is 239 Å². The van der Waals surface area contributed by atoms with Crippen LogP contribution in [0.25, 0.3) is 78.0 Å². The Labute approximate surface area is 366 Å². The van der Waals surface area contributed by atoms with E-state index in [1.807, 2.05) is 12.1 Å². The molecule has 2 heterocycles. The third kappa shape index (κ3) is 5.81. The lowest BCUT2D eigenvalue weighted by Crippen LogP contribution is -2.23. The molecule has 1 unspecified atom stereocenters. The molecule has 3 heteroatoms. The fourth-order valence-corrected chi connectivity index (χ4v) is 10.0. The molecule has 0 radical (unpaired) electrons. The van der Waals surface area contributed by atoms with Gasteiger partial charge < -0.3 is 13.7 Å². The van der Waals surface area contributed by atoms with E-state index in [1.54, 1.807) is 0 Å². The van der Waals surface area contributed by atoms with Crippen molar-refractivity contribution < 1.29 is 8.83 Å². The fraction of sp³-hybridized carbons (Fsp3) is 0.0333. The molecule has 3 nitrogen and oxygen atoms in total. The molecule has 11 aromatic rings. The van der Waals surface area contributed by atoms with Crippen molar-refractivity contribution in [3.63, 3.8) is 0 Å². The van der Waals surface area contributed by atoms with Crippen molar-refractivity contribution in [3.05, 3.63) is 247 Å². The molecule has 0 saturated heterocycles. The molecule has 12 rings (SSSR count). The van der Waals surface area contributed by atoms with Gasteiger partial charge in [0.2, 0.25) is 0 Å². The van der Waals surface area contributed by atoms with Crippen molar-refractivity contribution in [2.24, 2.45) is 0 Å². The van der Waals surface area contributed by atoms with Crippen LogP contribution < -0.4 is 4.90 Å². The van der Waals surface area contributed by atoms with Gasteiger partial charge in [0.15, 0.2) is 0 Å². The smallest absolute Gasteiger partial charge is 0.143 e. The average molecular weight is 808 g/mol. The summed E-state index contributed by atoms with van der Waals surface area (Å²) in [7, 11) is 0. The molecule has 0 aliphatic heterocycles. The van der Waals surface area contributed by atoms with Gasteiger partial charge in [-0.2, -0.15) is 0 Å². The molecule has 0 N–H and O–H groups in total. The minimum absolute atomic E-state index is 0.552. The van der Waals surface area contributed by atoms with E-state index in [1.165, 1.54) is 16.7 Å².